The maximum atomic E-state index is 12.6. The summed E-state index contributed by atoms with van der Waals surface area (Å²) >= 11 is 6.18. The van der Waals surface area contributed by atoms with E-state index >= 15 is 0 Å². The quantitative estimate of drug-likeness (QED) is 0.756. The number of carbonyl (C=O) groups excluding carboxylic acids is 1. The molecule has 4 heteroatoms. The van der Waals surface area contributed by atoms with E-state index in [1.54, 1.807) is 0 Å². The van der Waals surface area contributed by atoms with E-state index in [1.807, 2.05) is 18.2 Å². The summed E-state index contributed by atoms with van der Waals surface area (Å²) in [5, 5.41) is 7.03. The minimum Gasteiger partial charge on any atom is -0.382 e. The first-order chi connectivity index (χ1) is 9.11. The number of hydrogen-bond donors (Lipinski definition) is 2. The van der Waals surface area contributed by atoms with Crippen molar-refractivity contribution in [2.75, 3.05) is 17.2 Å². The summed E-state index contributed by atoms with van der Waals surface area (Å²) in [5.41, 5.74) is 1.38. The largest absolute Gasteiger partial charge is 0.382 e. The van der Waals surface area contributed by atoms with Gasteiger partial charge >= 0.3 is 0 Å². The van der Waals surface area contributed by atoms with Crippen LogP contribution < -0.4 is 10.6 Å². The van der Waals surface area contributed by atoms with Crippen LogP contribution in [0.1, 0.15) is 32.6 Å². The van der Waals surface area contributed by atoms with Gasteiger partial charge in [0.15, 0.2) is 0 Å². The predicted molar refractivity (Wildman–Crippen MR) is 78.6 cm³/mol. The molecule has 1 fully saturated rings. The minimum atomic E-state index is -0.269. The average Bonchev–Trinajstić information content (AvgIpc) is 2.54. The molecule has 1 spiro atoms. The van der Waals surface area contributed by atoms with Crippen molar-refractivity contribution in [2.45, 2.75) is 32.6 Å². The van der Waals surface area contributed by atoms with Crippen LogP contribution in [-0.2, 0) is 4.79 Å². The predicted octanol–water partition coefficient (Wildman–Crippen LogP) is 3.90. The molecule has 3 nitrogen and oxygen atoms in total. The third-order valence-electron chi connectivity index (χ3n) is 4.58. The molecule has 2 aliphatic rings. The van der Waals surface area contributed by atoms with Crippen LogP contribution in [0.5, 0.6) is 0 Å². The molecule has 1 aromatic carbocycles. The zero-order chi connectivity index (χ0) is 13.5. The molecule has 2 N–H and O–H groups in total. The van der Waals surface area contributed by atoms with Gasteiger partial charge in [-0.3, -0.25) is 4.79 Å². The summed E-state index contributed by atoms with van der Waals surface area (Å²) in [6, 6.07) is 5.68. The molecule has 0 radical (unpaired) electrons. The zero-order valence-corrected chi connectivity index (χ0v) is 11.9. The normalized spacial score (nSPS) is 30.2. The Balaban J connectivity index is 1.90. The molecule has 1 heterocycles. The number of nitrogens with one attached hydrogen (secondary N) is 2. The molecular weight excluding hydrogens is 260 g/mol. The second-order valence-electron chi connectivity index (χ2n) is 5.93. The van der Waals surface area contributed by atoms with Crippen molar-refractivity contribution in [2.24, 2.45) is 11.3 Å². The van der Waals surface area contributed by atoms with Crippen molar-refractivity contribution in [3.8, 4) is 0 Å². The number of para-hydroxylation sites is 1. The Morgan fingerprint density at radius 1 is 1.32 bits per heavy atom. The molecule has 1 aromatic rings. The highest BCUT2D eigenvalue weighted by atomic mass is 35.5. The first kappa shape index (κ1) is 12.8. The second-order valence-corrected chi connectivity index (χ2v) is 6.34. The molecule has 1 aliphatic carbocycles. The van der Waals surface area contributed by atoms with Gasteiger partial charge < -0.3 is 10.6 Å². The SMILES string of the molecule is CC1CCC2(CC1)CNc1cccc(Cl)c1NC2=O. The van der Waals surface area contributed by atoms with E-state index in [2.05, 4.69) is 17.6 Å². The molecule has 0 bridgehead atoms. The number of anilines is 2. The van der Waals surface area contributed by atoms with Crippen LogP contribution in [0, 0.1) is 11.3 Å². The third kappa shape index (κ3) is 2.20. The van der Waals surface area contributed by atoms with Gasteiger partial charge in [-0.1, -0.05) is 24.6 Å². The van der Waals surface area contributed by atoms with Gasteiger partial charge in [0, 0.05) is 6.54 Å². The summed E-state index contributed by atoms with van der Waals surface area (Å²) in [6.07, 6.45) is 4.16. The lowest BCUT2D eigenvalue weighted by Crippen LogP contribution is -2.42. The first-order valence-corrected chi connectivity index (χ1v) is 7.32. The molecule has 1 amide bonds. The van der Waals surface area contributed by atoms with Gasteiger partial charge in [-0.2, -0.15) is 0 Å². The molecule has 1 aliphatic heterocycles. The fraction of sp³-hybridized carbons (Fsp3) is 0.533. The van der Waals surface area contributed by atoms with Crippen LogP contribution in [0.25, 0.3) is 0 Å². The van der Waals surface area contributed by atoms with Gasteiger partial charge in [0.25, 0.3) is 0 Å². The van der Waals surface area contributed by atoms with E-state index in [0.29, 0.717) is 11.6 Å². The fourth-order valence-corrected chi connectivity index (χ4v) is 3.33. The van der Waals surface area contributed by atoms with Crippen molar-refractivity contribution in [1.82, 2.24) is 0 Å². The van der Waals surface area contributed by atoms with E-state index in [4.69, 9.17) is 11.6 Å². The Morgan fingerprint density at radius 2 is 2.05 bits per heavy atom. The van der Waals surface area contributed by atoms with Crippen molar-refractivity contribution in [1.29, 1.82) is 0 Å². The van der Waals surface area contributed by atoms with Gasteiger partial charge in [-0.25, -0.2) is 0 Å². The fourth-order valence-electron chi connectivity index (χ4n) is 3.11. The number of benzene rings is 1. The van der Waals surface area contributed by atoms with E-state index in [0.717, 1.165) is 43.0 Å². The summed E-state index contributed by atoms with van der Waals surface area (Å²) in [4.78, 5) is 12.6. The molecule has 1 saturated carbocycles. The molecule has 19 heavy (non-hydrogen) atoms. The van der Waals surface area contributed by atoms with Crippen LogP contribution >= 0.6 is 11.6 Å². The summed E-state index contributed by atoms with van der Waals surface area (Å²) in [5.74, 6) is 0.853. The van der Waals surface area contributed by atoms with Gasteiger partial charge in [0.1, 0.15) is 0 Å². The van der Waals surface area contributed by atoms with E-state index in [9.17, 15) is 4.79 Å². The lowest BCUT2D eigenvalue weighted by Gasteiger charge is -2.36. The van der Waals surface area contributed by atoms with Gasteiger partial charge in [0.05, 0.1) is 21.8 Å². The van der Waals surface area contributed by atoms with E-state index in [1.165, 1.54) is 0 Å². The number of fused-ring (bicyclic) bond motifs is 1. The number of halogens is 1. The van der Waals surface area contributed by atoms with Crippen LogP contribution in [0.3, 0.4) is 0 Å². The topological polar surface area (TPSA) is 41.1 Å². The van der Waals surface area contributed by atoms with Crippen molar-refractivity contribution in [3.63, 3.8) is 0 Å². The highest BCUT2D eigenvalue weighted by Gasteiger charge is 2.42. The maximum absolute atomic E-state index is 12.6. The molecular formula is C15H19ClN2O. The maximum Gasteiger partial charge on any atom is 0.232 e. The van der Waals surface area contributed by atoms with Crippen molar-refractivity contribution < 1.29 is 4.79 Å². The minimum absolute atomic E-state index is 0.124. The number of carbonyl (C=O) groups is 1. The van der Waals surface area contributed by atoms with Crippen molar-refractivity contribution in [3.05, 3.63) is 23.2 Å². The Morgan fingerprint density at radius 3 is 2.79 bits per heavy atom. The molecule has 0 atom stereocenters. The smallest absolute Gasteiger partial charge is 0.232 e. The molecule has 102 valence electrons. The van der Waals surface area contributed by atoms with Crippen LogP contribution in [0.15, 0.2) is 18.2 Å². The highest BCUT2D eigenvalue weighted by Crippen LogP contribution is 2.43. The average molecular weight is 279 g/mol. The van der Waals surface area contributed by atoms with Crippen LogP contribution in [0.2, 0.25) is 5.02 Å². The molecule has 0 aromatic heterocycles. The Hall–Kier alpha value is -1.22. The standard InChI is InChI=1S/C15H19ClN2O/c1-10-5-7-15(8-6-10)9-17-12-4-2-3-11(16)13(12)18-14(15)19/h2-4,10,17H,5-9H2,1H3,(H,18,19). The van der Waals surface area contributed by atoms with Gasteiger partial charge in [-0.15, -0.1) is 0 Å². The van der Waals surface area contributed by atoms with Gasteiger partial charge in [0.2, 0.25) is 5.91 Å². The molecule has 0 saturated heterocycles. The number of rotatable bonds is 0. The number of amides is 1. The molecule has 0 unspecified atom stereocenters. The Labute approximate surface area is 118 Å². The monoisotopic (exact) mass is 278 g/mol. The lowest BCUT2D eigenvalue weighted by molar-refractivity contribution is -0.126. The van der Waals surface area contributed by atoms with E-state index < -0.39 is 0 Å². The third-order valence-corrected chi connectivity index (χ3v) is 4.90. The lowest BCUT2D eigenvalue weighted by atomic mass is 9.70. The van der Waals surface area contributed by atoms with Crippen molar-refractivity contribution >= 4 is 28.9 Å². The van der Waals surface area contributed by atoms with Gasteiger partial charge in [-0.05, 0) is 43.7 Å². The Bertz CT molecular complexity index is 507. The second kappa shape index (κ2) is 4.71. The summed E-state index contributed by atoms with van der Waals surface area (Å²) in [7, 11) is 0. The summed E-state index contributed by atoms with van der Waals surface area (Å²) in [6.45, 7) is 2.97. The van der Waals surface area contributed by atoms with Crippen LogP contribution in [-0.4, -0.2) is 12.5 Å². The number of hydrogen-bond acceptors (Lipinski definition) is 2. The summed E-state index contributed by atoms with van der Waals surface area (Å²) < 4.78 is 0. The first-order valence-electron chi connectivity index (χ1n) is 6.95. The highest BCUT2D eigenvalue weighted by molar-refractivity contribution is 6.34. The zero-order valence-electron chi connectivity index (χ0n) is 11.1. The molecule has 3 rings (SSSR count). The Kier molecular flexibility index (Phi) is 3.17. The van der Waals surface area contributed by atoms with E-state index in [-0.39, 0.29) is 11.3 Å². The van der Waals surface area contributed by atoms with Crippen LogP contribution in [0.4, 0.5) is 11.4 Å².